The number of ether oxygens (including phenoxy) is 1. The van der Waals surface area contributed by atoms with Gasteiger partial charge in [0.2, 0.25) is 0 Å². The monoisotopic (exact) mass is 332 g/mol. The molecule has 3 rings (SSSR count). The third kappa shape index (κ3) is 4.02. The molecule has 4 nitrogen and oxygen atoms in total. The number of fused-ring (bicyclic) bond motifs is 1. The van der Waals surface area contributed by atoms with E-state index >= 15 is 0 Å². The van der Waals surface area contributed by atoms with Crippen LogP contribution in [-0.4, -0.2) is 22.7 Å². The summed E-state index contributed by atoms with van der Waals surface area (Å²) in [5.74, 6) is 0.574. The van der Waals surface area contributed by atoms with E-state index in [4.69, 9.17) is 4.74 Å². The lowest BCUT2D eigenvalue weighted by Crippen LogP contribution is -2.40. The number of rotatable bonds is 2. The topological polar surface area (TPSA) is 51.2 Å². The average molecular weight is 332 g/mol. The van der Waals surface area contributed by atoms with E-state index in [0.29, 0.717) is 5.92 Å². The van der Waals surface area contributed by atoms with E-state index in [-0.39, 0.29) is 12.1 Å². The van der Waals surface area contributed by atoms with Crippen molar-refractivity contribution in [3.05, 3.63) is 29.3 Å². The Balaban J connectivity index is 1.57. The molecule has 1 amide bonds. The van der Waals surface area contributed by atoms with E-state index in [0.717, 1.165) is 30.5 Å². The fourth-order valence-corrected chi connectivity index (χ4v) is 4.22. The number of carbonyl (C=O) groups is 1. The Morgan fingerprint density at radius 3 is 2.74 bits per heavy atom. The first-order valence-corrected chi connectivity index (χ1v) is 9.12. The molecule has 0 unspecified atom stereocenters. The van der Waals surface area contributed by atoms with Crippen molar-refractivity contribution in [1.82, 2.24) is 10.3 Å². The van der Waals surface area contributed by atoms with Crippen molar-refractivity contribution >= 4 is 27.6 Å². The second-order valence-corrected chi connectivity index (χ2v) is 8.10. The Morgan fingerprint density at radius 2 is 2.04 bits per heavy atom. The Bertz CT molecular complexity index is 682. The predicted molar refractivity (Wildman–Crippen MR) is 94.0 cm³/mol. The van der Waals surface area contributed by atoms with Crippen LogP contribution in [0.15, 0.2) is 23.7 Å². The molecule has 0 atom stereocenters. The molecule has 2 heterocycles. The SMILES string of the molecule is CC(C)(C)OC(=O)NC1CCC(c2csc3ncccc23)CC1. The van der Waals surface area contributed by atoms with Crippen molar-refractivity contribution in [2.24, 2.45) is 0 Å². The van der Waals surface area contributed by atoms with Crippen molar-refractivity contribution in [3.63, 3.8) is 0 Å². The molecule has 1 saturated carbocycles. The molecule has 0 bridgehead atoms. The predicted octanol–water partition coefficient (Wildman–Crippen LogP) is 4.85. The van der Waals surface area contributed by atoms with Crippen LogP contribution in [0, 0.1) is 0 Å². The molecule has 1 N–H and O–H groups in total. The van der Waals surface area contributed by atoms with Crippen LogP contribution < -0.4 is 5.32 Å². The number of alkyl carbamates (subject to hydrolysis) is 1. The number of hydrogen-bond donors (Lipinski definition) is 1. The summed E-state index contributed by atoms with van der Waals surface area (Å²) in [6, 6.07) is 4.40. The van der Waals surface area contributed by atoms with Gasteiger partial charge < -0.3 is 10.1 Å². The first kappa shape index (κ1) is 16.2. The van der Waals surface area contributed by atoms with Crippen LogP contribution in [-0.2, 0) is 4.74 Å². The highest BCUT2D eigenvalue weighted by atomic mass is 32.1. The van der Waals surface area contributed by atoms with E-state index in [2.05, 4.69) is 21.7 Å². The summed E-state index contributed by atoms with van der Waals surface area (Å²) in [4.78, 5) is 17.4. The summed E-state index contributed by atoms with van der Waals surface area (Å²) in [5, 5.41) is 6.55. The van der Waals surface area contributed by atoms with Crippen LogP contribution in [0.5, 0.6) is 0 Å². The lowest BCUT2D eigenvalue weighted by Gasteiger charge is -2.30. The first-order valence-electron chi connectivity index (χ1n) is 8.24. The van der Waals surface area contributed by atoms with E-state index in [1.54, 1.807) is 11.3 Å². The highest BCUT2D eigenvalue weighted by Gasteiger charge is 2.26. The lowest BCUT2D eigenvalue weighted by molar-refractivity contribution is 0.0491. The van der Waals surface area contributed by atoms with Crippen LogP contribution >= 0.6 is 11.3 Å². The summed E-state index contributed by atoms with van der Waals surface area (Å²) < 4.78 is 5.34. The molecule has 0 aromatic carbocycles. The minimum atomic E-state index is -0.441. The first-order chi connectivity index (χ1) is 10.9. The van der Waals surface area contributed by atoms with Crippen molar-refractivity contribution in [2.45, 2.75) is 64.0 Å². The molecule has 1 aliphatic carbocycles. The second-order valence-electron chi connectivity index (χ2n) is 7.24. The van der Waals surface area contributed by atoms with Gasteiger partial charge in [-0.05, 0) is 69.4 Å². The number of hydrogen-bond acceptors (Lipinski definition) is 4. The van der Waals surface area contributed by atoms with Gasteiger partial charge in [-0.15, -0.1) is 11.3 Å². The number of amides is 1. The molecule has 2 aromatic rings. The summed E-state index contributed by atoms with van der Waals surface area (Å²) in [6.45, 7) is 5.66. The highest BCUT2D eigenvalue weighted by Crippen LogP contribution is 2.38. The minimum Gasteiger partial charge on any atom is -0.444 e. The third-order valence-electron chi connectivity index (χ3n) is 4.27. The van der Waals surface area contributed by atoms with Crippen LogP contribution in [0.3, 0.4) is 0 Å². The summed E-state index contributed by atoms with van der Waals surface area (Å²) >= 11 is 1.72. The molecule has 5 heteroatoms. The quantitative estimate of drug-likeness (QED) is 0.855. The van der Waals surface area contributed by atoms with Gasteiger partial charge in [-0.1, -0.05) is 6.07 Å². The maximum atomic E-state index is 11.9. The standard InChI is InChI=1S/C18H24N2O2S/c1-18(2,3)22-17(21)20-13-8-6-12(7-9-13)15-11-23-16-14(15)5-4-10-19-16/h4-5,10-13H,6-9H2,1-3H3,(H,20,21). The van der Waals surface area contributed by atoms with Gasteiger partial charge in [-0.2, -0.15) is 0 Å². The van der Waals surface area contributed by atoms with Crippen LogP contribution in [0.1, 0.15) is 57.9 Å². The van der Waals surface area contributed by atoms with Crippen molar-refractivity contribution in [1.29, 1.82) is 0 Å². The van der Waals surface area contributed by atoms with Crippen molar-refractivity contribution in [2.75, 3.05) is 0 Å². The lowest BCUT2D eigenvalue weighted by atomic mass is 9.82. The van der Waals surface area contributed by atoms with Gasteiger partial charge in [0.25, 0.3) is 0 Å². The minimum absolute atomic E-state index is 0.226. The highest BCUT2D eigenvalue weighted by molar-refractivity contribution is 7.16. The van der Waals surface area contributed by atoms with Crippen LogP contribution in [0.4, 0.5) is 4.79 Å². The van der Waals surface area contributed by atoms with E-state index < -0.39 is 5.60 Å². The smallest absolute Gasteiger partial charge is 0.407 e. The molecule has 1 aliphatic rings. The van der Waals surface area contributed by atoms with E-state index in [1.165, 1.54) is 10.9 Å². The largest absolute Gasteiger partial charge is 0.444 e. The zero-order chi connectivity index (χ0) is 16.4. The Morgan fingerprint density at radius 1 is 1.30 bits per heavy atom. The number of nitrogens with one attached hydrogen (secondary N) is 1. The molecule has 1 fully saturated rings. The number of pyridine rings is 1. The fraction of sp³-hybridized carbons (Fsp3) is 0.556. The fourth-order valence-electron chi connectivity index (χ4n) is 3.23. The summed E-state index contributed by atoms with van der Waals surface area (Å²) in [7, 11) is 0. The average Bonchev–Trinajstić information content (AvgIpc) is 2.90. The third-order valence-corrected chi connectivity index (χ3v) is 5.19. The Labute approximate surface area is 141 Å². The zero-order valence-electron chi connectivity index (χ0n) is 14.0. The van der Waals surface area contributed by atoms with Gasteiger partial charge in [-0.25, -0.2) is 9.78 Å². The number of carbonyl (C=O) groups excluding carboxylic acids is 1. The molecular formula is C18H24N2O2S. The Kier molecular flexibility index (Phi) is 4.57. The van der Waals surface area contributed by atoms with Crippen LogP contribution in [0.25, 0.3) is 10.2 Å². The van der Waals surface area contributed by atoms with Crippen LogP contribution in [0.2, 0.25) is 0 Å². The van der Waals surface area contributed by atoms with Gasteiger partial charge in [0.1, 0.15) is 10.4 Å². The second kappa shape index (κ2) is 6.48. The number of aromatic nitrogens is 1. The Hall–Kier alpha value is -1.62. The van der Waals surface area contributed by atoms with Crippen molar-refractivity contribution < 1.29 is 9.53 Å². The van der Waals surface area contributed by atoms with Gasteiger partial charge in [-0.3, -0.25) is 0 Å². The van der Waals surface area contributed by atoms with Gasteiger partial charge in [0.15, 0.2) is 0 Å². The number of thiophene rings is 1. The number of nitrogens with zero attached hydrogens (tertiary/aromatic N) is 1. The molecule has 0 saturated heterocycles. The molecule has 0 spiro atoms. The molecule has 2 aromatic heterocycles. The van der Waals surface area contributed by atoms with Gasteiger partial charge >= 0.3 is 6.09 Å². The normalized spacial score (nSPS) is 22.0. The molecule has 0 aliphatic heterocycles. The molecule has 124 valence electrons. The van der Waals surface area contributed by atoms with E-state index in [1.807, 2.05) is 33.0 Å². The van der Waals surface area contributed by atoms with Crippen molar-refractivity contribution in [3.8, 4) is 0 Å². The molecule has 0 radical (unpaired) electrons. The maximum Gasteiger partial charge on any atom is 0.407 e. The summed E-state index contributed by atoms with van der Waals surface area (Å²) in [6.07, 6.45) is 5.75. The van der Waals surface area contributed by atoms with E-state index in [9.17, 15) is 4.79 Å². The van der Waals surface area contributed by atoms with Gasteiger partial charge in [0, 0.05) is 17.6 Å². The molecular weight excluding hydrogens is 308 g/mol. The maximum absolute atomic E-state index is 11.9. The van der Waals surface area contributed by atoms with Gasteiger partial charge in [0.05, 0.1) is 0 Å². The summed E-state index contributed by atoms with van der Waals surface area (Å²) in [5.41, 5.74) is 0.984. The molecule has 23 heavy (non-hydrogen) atoms. The zero-order valence-corrected chi connectivity index (χ0v) is 14.8.